The van der Waals surface area contributed by atoms with E-state index < -0.39 is 17.7 Å². The third kappa shape index (κ3) is 5.51. The molecule has 0 aliphatic carbocycles. The van der Waals surface area contributed by atoms with Crippen molar-refractivity contribution in [3.8, 4) is 0 Å². The Kier molecular flexibility index (Phi) is 6.25. The van der Waals surface area contributed by atoms with Gasteiger partial charge in [0.1, 0.15) is 0 Å². The van der Waals surface area contributed by atoms with Crippen molar-refractivity contribution in [2.75, 3.05) is 13.2 Å². The molecule has 0 radical (unpaired) electrons. The van der Waals surface area contributed by atoms with E-state index in [2.05, 4.69) is 5.32 Å². The van der Waals surface area contributed by atoms with Gasteiger partial charge < -0.3 is 15.2 Å². The van der Waals surface area contributed by atoms with Crippen molar-refractivity contribution in [1.82, 2.24) is 5.32 Å². The summed E-state index contributed by atoms with van der Waals surface area (Å²) in [4.78, 5) is 1.11. The second-order valence-electron chi connectivity index (χ2n) is 4.63. The molecule has 1 aromatic heterocycles. The topological polar surface area (TPSA) is 41.5 Å². The van der Waals surface area contributed by atoms with Gasteiger partial charge in [-0.3, -0.25) is 0 Å². The standard InChI is InChI=1S/C15H17F2NO2S/c16-14-4-3-11(6-15(14)17)7-18-8-12(19)9-20-10-13-2-1-5-21-13/h1-6,12,18-19H,7-10H2. The Bertz CT molecular complexity index is 549. The zero-order chi connectivity index (χ0) is 15.1. The van der Waals surface area contributed by atoms with E-state index in [0.29, 0.717) is 25.3 Å². The first-order chi connectivity index (χ1) is 10.1. The summed E-state index contributed by atoms with van der Waals surface area (Å²) >= 11 is 1.60. The SMILES string of the molecule is OC(CNCc1ccc(F)c(F)c1)COCc1cccs1. The van der Waals surface area contributed by atoms with Gasteiger partial charge in [-0.05, 0) is 29.1 Å². The smallest absolute Gasteiger partial charge is 0.159 e. The largest absolute Gasteiger partial charge is 0.389 e. The molecular formula is C15H17F2NO2S. The molecule has 1 atom stereocenters. The molecule has 2 rings (SSSR count). The monoisotopic (exact) mass is 313 g/mol. The number of benzene rings is 1. The van der Waals surface area contributed by atoms with Crippen LogP contribution in [-0.4, -0.2) is 24.4 Å². The number of rotatable bonds is 8. The number of aliphatic hydroxyl groups excluding tert-OH is 1. The first kappa shape index (κ1) is 16.0. The summed E-state index contributed by atoms with van der Waals surface area (Å²) in [5, 5.41) is 14.7. The van der Waals surface area contributed by atoms with Gasteiger partial charge >= 0.3 is 0 Å². The molecule has 0 spiro atoms. The van der Waals surface area contributed by atoms with Gasteiger partial charge in [0, 0.05) is 18.0 Å². The maximum absolute atomic E-state index is 13.0. The summed E-state index contributed by atoms with van der Waals surface area (Å²) < 4.78 is 31.1. The maximum Gasteiger partial charge on any atom is 0.159 e. The van der Waals surface area contributed by atoms with Crippen LogP contribution < -0.4 is 5.32 Å². The van der Waals surface area contributed by atoms with Gasteiger partial charge in [0.05, 0.1) is 19.3 Å². The Morgan fingerprint density at radius 2 is 2.10 bits per heavy atom. The molecular weight excluding hydrogens is 296 g/mol. The highest BCUT2D eigenvalue weighted by molar-refractivity contribution is 7.09. The lowest BCUT2D eigenvalue weighted by Gasteiger charge is -2.12. The van der Waals surface area contributed by atoms with Gasteiger partial charge in [-0.25, -0.2) is 8.78 Å². The van der Waals surface area contributed by atoms with Crippen LogP contribution in [0.4, 0.5) is 8.78 Å². The predicted molar refractivity (Wildman–Crippen MR) is 78.0 cm³/mol. The Hall–Kier alpha value is -1.34. The minimum Gasteiger partial charge on any atom is -0.389 e. The van der Waals surface area contributed by atoms with Crippen molar-refractivity contribution < 1.29 is 18.6 Å². The van der Waals surface area contributed by atoms with Crippen LogP contribution in [0.3, 0.4) is 0 Å². The highest BCUT2D eigenvalue weighted by Gasteiger charge is 2.06. The van der Waals surface area contributed by atoms with Crippen molar-refractivity contribution in [1.29, 1.82) is 0 Å². The number of aliphatic hydroxyl groups is 1. The molecule has 2 N–H and O–H groups in total. The molecule has 2 aromatic rings. The first-order valence-electron chi connectivity index (χ1n) is 6.58. The summed E-state index contributed by atoms with van der Waals surface area (Å²) in [6.45, 7) is 1.39. The van der Waals surface area contributed by atoms with E-state index in [1.165, 1.54) is 6.07 Å². The molecule has 0 aliphatic rings. The molecule has 0 aliphatic heterocycles. The van der Waals surface area contributed by atoms with Crippen molar-refractivity contribution in [3.05, 3.63) is 57.8 Å². The minimum absolute atomic E-state index is 0.225. The van der Waals surface area contributed by atoms with Gasteiger partial charge in [0.2, 0.25) is 0 Å². The predicted octanol–water partition coefficient (Wildman–Crippen LogP) is 2.69. The summed E-state index contributed by atoms with van der Waals surface area (Å²) in [6.07, 6.45) is -0.643. The van der Waals surface area contributed by atoms with Crippen molar-refractivity contribution >= 4 is 11.3 Å². The second kappa shape index (κ2) is 8.19. The van der Waals surface area contributed by atoms with Crippen LogP contribution in [0.2, 0.25) is 0 Å². The van der Waals surface area contributed by atoms with Crippen molar-refractivity contribution in [3.63, 3.8) is 0 Å². The van der Waals surface area contributed by atoms with Crippen LogP contribution >= 0.6 is 11.3 Å². The van der Waals surface area contributed by atoms with Gasteiger partial charge in [-0.1, -0.05) is 12.1 Å². The summed E-state index contributed by atoms with van der Waals surface area (Å²) in [5.41, 5.74) is 0.626. The normalized spacial score (nSPS) is 12.5. The lowest BCUT2D eigenvalue weighted by Crippen LogP contribution is -2.30. The highest BCUT2D eigenvalue weighted by atomic mass is 32.1. The molecule has 0 saturated heterocycles. The van der Waals surface area contributed by atoms with Gasteiger partial charge in [0.15, 0.2) is 11.6 Å². The second-order valence-corrected chi connectivity index (χ2v) is 5.66. The Morgan fingerprint density at radius 3 is 2.81 bits per heavy atom. The molecule has 3 nitrogen and oxygen atoms in total. The fourth-order valence-electron chi connectivity index (χ4n) is 1.78. The Labute approximate surface area is 126 Å². The van der Waals surface area contributed by atoms with Crippen molar-refractivity contribution in [2.45, 2.75) is 19.3 Å². The summed E-state index contributed by atoms with van der Waals surface area (Å²) in [6, 6.07) is 7.65. The van der Waals surface area contributed by atoms with E-state index in [9.17, 15) is 13.9 Å². The summed E-state index contributed by atoms with van der Waals surface area (Å²) in [5.74, 6) is -1.73. The molecule has 114 valence electrons. The molecule has 0 amide bonds. The molecule has 6 heteroatoms. The zero-order valence-electron chi connectivity index (χ0n) is 11.4. The zero-order valence-corrected chi connectivity index (χ0v) is 12.2. The van der Waals surface area contributed by atoms with Crippen LogP contribution in [0, 0.1) is 11.6 Å². The van der Waals surface area contributed by atoms with E-state index in [-0.39, 0.29) is 6.61 Å². The number of hydrogen-bond donors (Lipinski definition) is 2. The molecule has 21 heavy (non-hydrogen) atoms. The fourth-order valence-corrected chi connectivity index (χ4v) is 2.42. The Morgan fingerprint density at radius 1 is 1.24 bits per heavy atom. The summed E-state index contributed by atoms with van der Waals surface area (Å²) in [7, 11) is 0. The van der Waals surface area contributed by atoms with Crippen LogP contribution in [0.5, 0.6) is 0 Å². The van der Waals surface area contributed by atoms with Gasteiger partial charge in [0.25, 0.3) is 0 Å². The van der Waals surface area contributed by atoms with Crippen LogP contribution in [0.1, 0.15) is 10.4 Å². The van der Waals surface area contributed by atoms with Crippen LogP contribution in [-0.2, 0) is 17.9 Å². The number of hydrogen-bond acceptors (Lipinski definition) is 4. The third-order valence-electron chi connectivity index (χ3n) is 2.83. The number of nitrogens with one attached hydrogen (secondary N) is 1. The highest BCUT2D eigenvalue weighted by Crippen LogP contribution is 2.10. The first-order valence-corrected chi connectivity index (χ1v) is 7.46. The minimum atomic E-state index is -0.867. The van der Waals surface area contributed by atoms with Crippen LogP contribution in [0.15, 0.2) is 35.7 Å². The number of ether oxygens (including phenoxy) is 1. The molecule has 0 bridgehead atoms. The van der Waals surface area contributed by atoms with Crippen molar-refractivity contribution in [2.24, 2.45) is 0 Å². The molecule has 1 unspecified atom stereocenters. The lowest BCUT2D eigenvalue weighted by atomic mass is 10.2. The van der Waals surface area contributed by atoms with Crippen LogP contribution in [0.25, 0.3) is 0 Å². The number of halogens is 2. The third-order valence-corrected chi connectivity index (χ3v) is 3.68. The number of thiophene rings is 1. The Balaban J connectivity index is 1.62. The molecule has 1 heterocycles. The maximum atomic E-state index is 13.0. The lowest BCUT2D eigenvalue weighted by molar-refractivity contribution is 0.0297. The van der Waals surface area contributed by atoms with E-state index in [4.69, 9.17) is 4.74 Å². The van der Waals surface area contributed by atoms with E-state index in [1.54, 1.807) is 11.3 Å². The molecule has 0 saturated carbocycles. The quantitative estimate of drug-likeness (QED) is 0.787. The molecule has 0 fully saturated rings. The fraction of sp³-hybridized carbons (Fsp3) is 0.333. The average Bonchev–Trinajstić information content (AvgIpc) is 2.96. The molecule has 1 aromatic carbocycles. The average molecular weight is 313 g/mol. The van der Waals surface area contributed by atoms with E-state index in [0.717, 1.165) is 17.0 Å². The van der Waals surface area contributed by atoms with Gasteiger partial charge in [-0.15, -0.1) is 11.3 Å². The van der Waals surface area contributed by atoms with Gasteiger partial charge in [-0.2, -0.15) is 0 Å². The van der Waals surface area contributed by atoms with E-state index in [1.807, 2.05) is 17.5 Å². The van der Waals surface area contributed by atoms with E-state index >= 15 is 0 Å².